The number of fused-ring (bicyclic) bond motifs is 1. The number of nitrogens with zero attached hydrogens (tertiary/aromatic N) is 3. The number of ether oxygens (including phenoxy) is 1. The summed E-state index contributed by atoms with van der Waals surface area (Å²) in [6, 6.07) is 9.45. The van der Waals surface area contributed by atoms with E-state index in [1.807, 2.05) is 35.2 Å². The first-order valence-electron chi connectivity index (χ1n) is 9.11. The number of hydrogen-bond donors (Lipinski definition) is 0. The second-order valence-electron chi connectivity index (χ2n) is 7.32. The predicted octanol–water partition coefficient (Wildman–Crippen LogP) is 2.94. The van der Waals surface area contributed by atoms with Crippen LogP contribution in [0.5, 0.6) is 0 Å². The van der Waals surface area contributed by atoms with Gasteiger partial charge in [0, 0.05) is 24.6 Å². The highest BCUT2D eigenvalue weighted by Crippen LogP contribution is 2.43. The minimum atomic E-state index is -0.123. The number of rotatable bonds is 3. The monoisotopic (exact) mass is 339 g/mol. The van der Waals surface area contributed by atoms with Gasteiger partial charge >= 0.3 is 0 Å². The first-order valence-corrected chi connectivity index (χ1v) is 9.11. The standard InChI is InChI=1S/C19H21N3O3/c23-19(13-4-2-1-3-5-13)22-9-8-14-10-15(24-16(14)11-22)18-21-20-17(25-18)12-6-7-12/h1-5,12,14-16H,6-11H2/t14-,15-,16+/m1/s1. The summed E-state index contributed by atoms with van der Waals surface area (Å²) in [5, 5.41) is 8.36. The zero-order chi connectivity index (χ0) is 16.8. The molecule has 3 fully saturated rings. The van der Waals surface area contributed by atoms with Crippen molar-refractivity contribution in [3.63, 3.8) is 0 Å². The highest BCUT2D eigenvalue weighted by Gasteiger charge is 2.43. The van der Waals surface area contributed by atoms with E-state index in [1.165, 1.54) is 0 Å². The van der Waals surface area contributed by atoms with Crippen molar-refractivity contribution in [2.45, 2.75) is 43.8 Å². The van der Waals surface area contributed by atoms with Gasteiger partial charge in [0.25, 0.3) is 5.91 Å². The summed E-state index contributed by atoms with van der Waals surface area (Å²) >= 11 is 0. The Kier molecular flexibility index (Phi) is 3.59. The van der Waals surface area contributed by atoms with E-state index in [0.29, 0.717) is 24.3 Å². The quantitative estimate of drug-likeness (QED) is 0.860. The molecule has 130 valence electrons. The van der Waals surface area contributed by atoms with Gasteiger partial charge in [0.15, 0.2) is 0 Å². The van der Waals surface area contributed by atoms with Crippen LogP contribution in [0.25, 0.3) is 0 Å². The van der Waals surface area contributed by atoms with Crippen LogP contribution < -0.4 is 0 Å². The van der Waals surface area contributed by atoms with Crippen LogP contribution in [0.2, 0.25) is 0 Å². The molecule has 0 unspecified atom stereocenters. The molecule has 3 aliphatic rings. The van der Waals surface area contributed by atoms with E-state index < -0.39 is 0 Å². The van der Waals surface area contributed by atoms with Crippen molar-refractivity contribution < 1.29 is 13.9 Å². The van der Waals surface area contributed by atoms with Crippen molar-refractivity contribution >= 4 is 5.91 Å². The van der Waals surface area contributed by atoms with Crippen molar-refractivity contribution in [1.29, 1.82) is 0 Å². The maximum Gasteiger partial charge on any atom is 0.253 e. The molecule has 25 heavy (non-hydrogen) atoms. The average Bonchev–Trinajstić information content (AvgIpc) is 3.23. The molecule has 6 nitrogen and oxygen atoms in total. The molecular formula is C19H21N3O3. The fourth-order valence-electron chi connectivity index (χ4n) is 3.91. The number of aromatic nitrogens is 2. The number of carbonyl (C=O) groups excluding carboxylic acids is 1. The zero-order valence-electron chi connectivity index (χ0n) is 14.0. The molecule has 5 rings (SSSR count). The summed E-state index contributed by atoms with van der Waals surface area (Å²) in [7, 11) is 0. The van der Waals surface area contributed by atoms with Crippen LogP contribution in [0.1, 0.15) is 59.8 Å². The molecule has 1 aromatic carbocycles. The van der Waals surface area contributed by atoms with E-state index >= 15 is 0 Å². The molecule has 0 N–H and O–H groups in total. The molecular weight excluding hydrogens is 318 g/mol. The topological polar surface area (TPSA) is 68.5 Å². The van der Waals surface area contributed by atoms with E-state index in [2.05, 4.69) is 10.2 Å². The van der Waals surface area contributed by atoms with Crippen LogP contribution in [0, 0.1) is 5.92 Å². The molecule has 1 aliphatic carbocycles. The van der Waals surface area contributed by atoms with Crippen LogP contribution in [-0.4, -0.2) is 40.2 Å². The highest BCUT2D eigenvalue weighted by molar-refractivity contribution is 5.94. The molecule has 3 atom stereocenters. The van der Waals surface area contributed by atoms with Crippen molar-refractivity contribution in [1.82, 2.24) is 15.1 Å². The Morgan fingerprint density at radius 1 is 1.08 bits per heavy atom. The smallest absolute Gasteiger partial charge is 0.253 e. The lowest BCUT2D eigenvalue weighted by molar-refractivity contribution is -0.0124. The lowest BCUT2D eigenvalue weighted by Crippen LogP contribution is -2.45. The van der Waals surface area contributed by atoms with Gasteiger partial charge in [-0.25, -0.2) is 0 Å². The summed E-state index contributed by atoms with van der Waals surface area (Å²) in [6.45, 7) is 1.42. The Morgan fingerprint density at radius 2 is 1.88 bits per heavy atom. The van der Waals surface area contributed by atoms with Gasteiger partial charge in [-0.2, -0.15) is 0 Å². The fourth-order valence-corrected chi connectivity index (χ4v) is 3.91. The van der Waals surface area contributed by atoms with Crippen LogP contribution in [-0.2, 0) is 4.74 Å². The second kappa shape index (κ2) is 5.95. The van der Waals surface area contributed by atoms with Crippen molar-refractivity contribution in [2.75, 3.05) is 13.1 Å². The Balaban J connectivity index is 1.26. The van der Waals surface area contributed by atoms with Crippen LogP contribution >= 0.6 is 0 Å². The van der Waals surface area contributed by atoms with Crippen LogP contribution in [0.4, 0.5) is 0 Å². The van der Waals surface area contributed by atoms with E-state index in [0.717, 1.165) is 43.7 Å². The fraction of sp³-hybridized carbons (Fsp3) is 0.526. The minimum Gasteiger partial charge on any atom is -0.422 e. The number of piperidine rings is 1. The van der Waals surface area contributed by atoms with Gasteiger partial charge in [-0.3, -0.25) is 4.79 Å². The van der Waals surface area contributed by atoms with E-state index in [-0.39, 0.29) is 18.1 Å². The maximum absolute atomic E-state index is 12.7. The molecule has 2 aliphatic heterocycles. The van der Waals surface area contributed by atoms with Gasteiger partial charge < -0.3 is 14.1 Å². The van der Waals surface area contributed by atoms with Gasteiger partial charge in [0.1, 0.15) is 6.10 Å². The van der Waals surface area contributed by atoms with Crippen molar-refractivity contribution in [3.05, 3.63) is 47.7 Å². The molecule has 2 aromatic rings. The zero-order valence-corrected chi connectivity index (χ0v) is 14.0. The lowest BCUT2D eigenvalue weighted by atomic mass is 9.91. The SMILES string of the molecule is O=C(c1ccccc1)N1CC[C@@H]2C[C@H](c3nnc(C4CC4)o3)O[C@H]2C1. The number of carbonyl (C=O) groups is 1. The molecule has 6 heteroatoms. The third kappa shape index (κ3) is 2.84. The second-order valence-corrected chi connectivity index (χ2v) is 7.32. The molecule has 0 spiro atoms. The Hall–Kier alpha value is -2.21. The van der Waals surface area contributed by atoms with E-state index in [1.54, 1.807) is 0 Å². The van der Waals surface area contributed by atoms with Gasteiger partial charge in [-0.1, -0.05) is 18.2 Å². The largest absolute Gasteiger partial charge is 0.422 e. The molecule has 3 heterocycles. The van der Waals surface area contributed by atoms with Crippen LogP contribution in [0.15, 0.2) is 34.7 Å². The Morgan fingerprint density at radius 3 is 2.68 bits per heavy atom. The predicted molar refractivity (Wildman–Crippen MR) is 89.0 cm³/mol. The normalized spacial score (nSPS) is 28.8. The number of amides is 1. The van der Waals surface area contributed by atoms with Crippen molar-refractivity contribution in [3.8, 4) is 0 Å². The number of hydrogen-bond acceptors (Lipinski definition) is 5. The average molecular weight is 339 g/mol. The summed E-state index contributed by atoms with van der Waals surface area (Å²) in [5.74, 6) is 2.37. The third-order valence-corrected chi connectivity index (χ3v) is 5.52. The molecule has 2 saturated heterocycles. The first-order chi connectivity index (χ1) is 12.3. The van der Waals surface area contributed by atoms with E-state index in [4.69, 9.17) is 9.15 Å². The lowest BCUT2D eigenvalue weighted by Gasteiger charge is -2.34. The first kappa shape index (κ1) is 15.1. The molecule has 1 saturated carbocycles. The molecule has 1 aromatic heterocycles. The van der Waals surface area contributed by atoms with Crippen LogP contribution in [0.3, 0.4) is 0 Å². The third-order valence-electron chi connectivity index (χ3n) is 5.52. The van der Waals surface area contributed by atoms with Gasteiger partial charge in [0.2, 0.25) is 11.8 Å². The number of likely N-dealkylation sites (tertiary alicyclic amines) is 1. The highest BCUT2D eigenvalue weighted by atomic mass is 16.5. The number of benzene rings is 1. The molecule has 0 bridgehead atoms. The molecule has 1 amide bonds. The maximum atomic E-state index is 12.7. The van der Waals surface area contributed by atoms with Gasteiger partial charge in [-0.05, 0) is 43.7 Å². The summed E-state index contributed by atoms with van der Waals surface area (Å²) < 4.78 is 12.0. The van der Waals surface area contributed by atoms with Crippen molar-refractivity contribution in [2.24, 2.45) is 5.92 Å². The van der Waals surface area contributed by atoms with Gasteiger partial charge in [-0.15, -0.1) is 10.2 Å². The minimum absolute atomic E-state index is 0.0580. The summed E-state index contributed by atoms with van der Waals surface area (Å²) in [4.78, 5) is 14.6. The molecule has 0 radical (unpaired) electrons. The summed E-state index contributed by atoms with van der Waals surface area (Å²) in [5.41, 5.74) is 0.737. The van der Waals surface area contributed by atoms with E-state index in [9.17, 15) is 4.79 Å². The van der Waals surface area contributed by atoms with Gasteiger partial charge in [0.05, 0.1) is 6.10 Å². The Bertz CT molecular complexity index is 771. The summed E-state index contributed by atoms with van der Waals surface area (Å²) in [6.07, 6.45) is 4.10. The Labute approximate surface area is 146 Å².